The normalized spacial score (nSPS) is 17.7. The number of nitrogens with one attached hydrogen (secondary N) is 1. The standard InChI is InChI=1S/C23H30N6O5S/c1-14-11-24-21(25-12-14)15(2)16(3)35(30,31)28-23-27-26-22(17-9-10-34-13-17)29(23)20-18(32-4)7-6-8-19(20)33-5/h6-8,11-12,15-17H,9-10,13H2,1-5H3,(H,27,28)/t15?,16?,17-/m1/s1. The van der Waals surface area contributed by atoms with Gasteiger partial charge in [0, 0.05) is 30.8 Å². The first-order chi connectivity index (χ1) is 16.8. The highest BCUT2D eigenvalue weighted by Crippen LogP contribution is 2.38. The van der Waals surface area contributed by atoms with E-state index in [0.29, 0.717) is 42.0 Å². The Morgan fingerprint density at radius 2 is 1.77 bits per heavy atom. The Labute approximate surface area is 204 Å². The highest BCUT2D eigenvalue weighted by Gasteiger charge is 2.34. The Bertz CT molecular complexity index is 1250. The summed E-state index contributed by atoms with van der Waals surface area (Å²) in [6.45, 7) is 6.32. The topological polar surface area (TPSA) is 130 Å². The van der Waals surface area contributed by atoms with Crippen molar-refractivity contribution in [1.82, 2.24) is 24.7 Å². The van der Waals surface area contributed by atoms with Crippen molar-refractivity contribution in [3.8, 4) is 17.2 Å². The Balaban J connectivity index is 1.76. The second-order valence-electron chi connectivity index (χ2n) is 8.55. The lowest BCUT2D eigenvalue weighted by Crippen LogP contribution is -2.31. The van der Waals surface area contributed by atoms with E-state index in [-0.39, 0.29) is 11.9 Å². The van der Waals surface area contributed by atoms with E-state index in [1.165, 1.54) is 14.2 Å². The van der Waals surface area contributed by atoms with Crippen LogP contribution in [0.2, 0.25) is 0 Å². The predicted octanol–water partition coefficient (Wildman–Crippen LogP) is 2.82. The third-order valence-electron chi connectivity index (χ3n) is 6.24. The molecular formula is C23H30N6O5S. The number of anilines is 1. The van der Waals surface area contributed by atoms with Crippen molar-refractivity contribution in [3.05, 3.63) is 47.8 Å². The van der Waals surface area contributed by atoms with Gasteiger partial charge >= 0.3 is 0 Å². The molecule has 1 aliphatic heterocycles. The van der Waals surface area contributed by atoms with Gasteiger partial charge in [0.15, 0.2) is 0 Å². The summed E-state index contributed by atoms with van der Waals surface area (Å²) in [5.74, 6) is 1.49. The van der Waals surface area contributed by atoms with Gasteiger partial charge in [0.25, 0.3) is 0 Å². The van der Waals surface area contributed by atoms with E-state index >= 15 is 0 Å². The number of aryl methyl sites for hydroxylation is 1. The lowest BCUT2D eigenvalue weighted by molar-refractivity contribution is 0.193. The zero-order chi connectivity index (χ0) is 25.2. The Morgan fingerprint density at radius 1 is 1.11 bits per heavy atom. The van der Waals surface area contributed by atoms with E-state index in [2.05, 4.69) is 24.9 Å². The highest BCUT2D eigenvalue weighted by molar-refractivity contribution is 7.93. The maximum absolute atomic E-state index is 13.5. The Morgan fingerprint density at radius 3 is 2.34 bits per heavy atom. The number of nitrogens with zero attached hydrogens (tertiary/aromatic N) is 5. The van der Waals surface area contributed by atoms with Gasteiger partial charge in [-0.05, 0) is 38.0 Å². The molecule has 0 spiro atoms. The number of sulfonamides is 1. The van der Waals surface area contributed by atoms with Crippen molar-refractivity contribution in [2.45, 2.75) is 44.3 Å². The highest BCUT2D eigenvalue weighted by atomic mass is 32.2. The van der Waals surface area contributed by atoms with Gasteiger partial charge in [-0.3, -0.25) is 9.29 Å². The van der Waals surface area contributed by atoms with Crippen LogP contribution in [0.3, 0.4) is 0 Å². The summed E-state index contributed by atoms with van der Waals surface area (Å²) in [5.41, 5.74) is 1.40. The van der Waals surface area contributed by atoms with Gasteiger partial charge in [0.05, 0.1) is 26.1 Å². The monoisotopic (exact) mass is 502 g/mol. The molecule has 0 radical (unpaired) electrons. The van der Waals surface area contributed by atoms with Crippen LogP contribution >= 0.6 is 0 Å². The first-order valence-electron chi connectivity index (χ1n) is 11.3. The second-order valence-corrected chi connectivity index (χ2v) is 10.6. The molecule has 35 heavy (non-hydrogen) atoms. The molecule has 1 fully saturated rings. The molecule has 1 N–H and O–H groups in total. The quantitative estimate of drug-likeness (QED) is 0.469. The fraction of sp³-hybridized carbons (Fsp3) is 0.478. The molecule has 2 aromatic heterocycles. The molecule has 0 aliphatic carbocycles. The molecule has 3 atom stereocenters. The van der Waals surface area contributed by atoms with Crippen LogP contribution in [-0.2, 0) is 14.8 Å². The minimum atomic E-state index is -3.92. The third-order valence-corrected chi connectivity index (χ3v) is 8.10. The molecular weight excluding hydrogens is 472 g/mol. The first-order valence-corrected chi connectivity index (χ1v) is 12.9. The van der Waals surface area contributed by atoms with Crippen LogP contribution in [0.15, 0.2) is 30.6 Å². The van der Waals surface area contributed by atoms with Crippen molar-refractivity contribution in [3.63, 3.8) is 0 Å². The van der Waals surface area contributed by atoms with Crippen LogP contribution in [0.25, 0.3) is 5.69 Å². The maximum atomic E-state index is 13.5. The van der Waals surface area contributed by atoms with Gasteiger partial charge in [0.2, 0.25) is 16.0 Å². The molecule has 2 unspecified atom stereocenters. The Kier molecular flexibility index (Phi) is 7.22. The number of para-hydroxylation sites is 1. The van der Waals surface area contributed by atoms with E-state index in [1.807, 2.05) is 6.92 Å². The van der Waals surface area contributed by atoms with Crippen LogP contribution < -0.4 is 14.2 Å². The van der Waals surface area contributed by atoms with Gasteiger partial charge in [-0.1, -0.05) is 13.0 Å². The summed E-state index contributed by atoms with van der Waals surface area (Å²) < 4.78 is 48.0. The van der Waals surface area contributed by atoms with Crippen LogP contribution in [0.1, 0.15) is 49.3 Å². The van der Waals surface area contributed by atoms with Gasteiger partial charge in [-0.2, -0.15) is 0 Å². The number of aromatic nitrogens is 5. The van der Waals surface area contributed by atoms with Crippen LogP contribution in [0, 0.1) is 6.92 Å². The summed E-state index contributed by atoms with van der Waals surface area (Å²) in [5, 5.41) is 7.72. The maximum Gasteiger partial charge on any atom is 0.243 e. The van der Waals surface area contributed by atoms with E-state index in [4.69, 9.17) is 14.2 Å². The summed E-state index contributed by atoms with van der Waals surface area (Å²) in [4.78, 5) is 8.61. The minimum Gasteiger partial charge on any atom is -0.494 e. The fourth-order valence-electron chi connectivity index (χ4n) is 3.97. The minimum absolute atomic E-state index is 0.0403. The van der Waals surface area contributed by atoms with E-state index in [0.717, 1.165) is 12.0 Å². The molecule has 12 heteroatoms. The van der Waals surface area contributed by atoms with Crippen molar-refractivity contribution < 1.29 is 22.6 Å². The van der Waals surface area contributed by atoms with Crippen LogP contribution in [0.4, 0.5) is 5.95 Å². The summed E-state index contributed by atoms with van der Waals surface area (Å²) in [6, 6.07) is 5.33. The molecule has 0 saturated carbocycles. The number of benzene rings is 1. The molecule has 0 amide bonds. The molecule has 4 rings (SSSR count). The smallest absolute Gasteiger partial charge is 0.243 e. The summed E-state index contributed by atoms with van der Waals surface area (Å²) in [6.07, 6.45) is 4.08. The second kappa shape index (κ2) is 10.2. The van der Waals surface area contributed by atoms with Crippen LogP contribution in [0.5, 0.6) is 11.5 Å². The van der Waals surface area contributed by atoms with E-state index in [1.54, 1.807) is 49.0 Å². The first kappa shape index (κ1) is 24.9. The third kappa shape index (κ3) is 4.94. The molecule has 1 aromatic carbocycles. The largest absolute Gasteiger partial charge is 0.494 e. The average Bonchev–Trinajstić information content (AvgIpc) is 3.52. The van der Waals surface area contributed by atoms with Gasteiger partial charge in [-0.25, -0.2) is 18.4 Å². The van der Waals surface area contributed by atoms with Gasteiger partial charge in [-0.15, -0.1) is 10.2 Å². The van der Waals surface area contributed by atoms with E-state index in [9.17, 15) is 8.42 Å². The SMILES string of the molecule is COc1cccc(OC)c1-n1c(NS(=O)(=O)C(C)C(C)c2ncc(C)cn2)nnc1[C@@H]1CCOC1. The number of ether oxygens (including phenoxy) is 3. The van der Waals surface area contributed by atoms with E-state index < -0.39 is 21.2 Å². The van der Waals surface area contributed by atoms with Crippen LogP contribution in [-0.4, -0.2) is 65.8 Å². The lowest BCUT2D eigenvalue weighted by Gasteiger charge is -2.22. The Hall–Kier alpha value is -3.25. The molecule has 11 nitrogen and oxygen atoms in total. The van der Waals surface area contributed by atoms with Crippen molar-refractivity contribution in [1.29, 1.82) is 0 Å². The van der Waals surface area contributed by atoms with Gasteiger partial charge in [0.1, 0.15) is 28.8 Å². The molecule has 3 heterocycles. The summed E-state index contributed by atoms with van der Waals surface area (Å²) >= 11 is 0. The molecule has 188 valence electrons. The summed E-state index contributed by atoms with van der Waals surface area (Å²) in [7, 11) is -0.841. The zero-order valence-corrected chi connectivity index (χ0v) is 21.2. The lowest BCUT2D eigenvalue weighted by atomic mass is 10.1. The molecule has 1 aliphatic rings. The molecule has 3 aromatic rings. The van der Waals surface area contributed by atoms with Crippen molar-refractivity contribution in [2.24, 2.45) is 0 Å². The van der Waals surface area contributed by atoms with Crippen molar-refractivity contribution in [2.75, 3.05) is 32.2 Å². The number of rotatable bonds is 9. The number of hydrogen-bond donors (Lipinski definition) is 1. The van der Waals surface area contributed by atoms with Crippen molar-refractivity contribution >= 4 is 16.0 Å². The zero-order valence-electron chi connectivity index (χ0n) is 20.4. The predicted molar refractivity (Wildman–Crippen MR) is 130 cm³/mol. The van der Waals surface area contributed by atoms with Gasteiger partial charge < -0.3 is 14.2 Å². The molecule has 1 saturated heterocycles. The number of hydrogen-bond acceptors (Lipinski definition) is 9. The fourth-order valence-corrected chi connectivity index (χ4v) is 5.21. The average molecular weight is 503 g/mol. The molecule has 0 bridgehead atoms. The number of methoxy groups -OCH3 is 2.